The summed E-state index contributed by atoms with van der Waals surface area (Å²) in [5.74, 6) is -1.05. The quantitative estimate of drug-likeness (QED) is 0.910. The van der Waals surface area contributed by atoms with E-state index in [9.17, 15) is 14.0 Å². The number of carbonyl (C=O) groups is 2. The molecule has 2 aromatic carbocycles. The first-order valence-corrected chi connectivity index (χ1v) is 6.86. The van der Waals surface area contributed by atoms with E-state index in [0.717, 1.165) is 11.1 Å². The van der Waals surface area contributed by atoms with Gasteiger partial charge in [-0.1, -0.05) is 29.8 Å². The molecular weight excluding hydrogens is 283 g/mol. The smallest absolute Gasteiger partial charge is 0.228 e. The molecule has 2 amide bonds. The van der Waals surface area contributed by atoms with Crippen LogP contribution in [0.2, 0.25) is 0 Å². The summed E-state index contributed by atoms with van der Waals surface area (Å²) < 4.78 is 13.4. The van der Waals surface area contributed by atoms with E-state index < -0.39 is 5.82 Å². The van der Waals surface area contributed by atoms with Crippen molar-refractivity contribution in [3.05, 3.63) is 59.4 Å². The van der Waals surface area contributed by atoms with Crippen molar-refractivity contribution in [1.82, 2.24) is 0 Å². The number of carbonyl (C=O) groups excluding carboxylic acids is 2. The number of benzene rings is 2. The number of amides is 2. The van der Waals surface area contributed by atoms with Gasteiger partial charge in [0.15, 0.2) is 0 Å². The van der Waals surface area contributed by atoms with Crippen LogP contribution in [0.25, 0.3) is 0 Å². The van der Waals surface area contributed by atoms with Crippen LogP contribution in [0.1, 0.15) is 18.1 Å². The fourth-order valence-corrected chi connectivity index (χ4v) is 2.12. The summed E-state index contributed by atoms with van der Waals surface area (Å²) in [6.07, 6.45) is 0.178. The van der Waals surface area contributed by atoms with E-state index in [1.165, 1.54) is 25.1 Å². The summed E-state index contributed by atoms with van der Waals surface area (Å²) in [5.41, 5.74) is 2.55. The molecule has 0 aliphatic rings. The van der Waals surface area contributed by atoms with Crippen molar-refractivity contribution in [2.75, 3.05) is 10.6 Å². The Hall–Kier alpha value is -2.69. The second-order valence-electron chi connectivity index (χ2n) is 5.09. The fraction of sp³-hybridized carbons (Fsp3) is 0.176. The first-order chi connectivity index (χ1) is 10.4. The van der Waals surface area contributed by atoms with Crippen LogP contribution in [0.3, 0.4) is 0 Å². The van der Waals surface area contributed by atoms with Crippen molar-refractivity contribution in [3.63, 3.8) is 0 Å². The predicted octanol–water partition coefficient (Wildman–Crippen LogP) is 3.27. The first kappa shape index (κ1) is 15.7. The van der Waals surface area contributed by atoms with Crippen molar-refractivity contribution in [3.8, 4) is 0 Å². The van der Waals surface area contributed by atoms with Gasteiger partial charge in [-0.25, -0.2) is 4.39 Å². The van der Waals surface area contributed by atoms with Crippen LogP contribution in [0.5, 0.6) is 0 Å². The number of hydrogen-bond donors (Lipinski definition) is 2. The Bertz CT molecular complexity index is 714. The molecule has 0 spiro atoms. The van der Waals surface area contributed by atoms with Crippen molar-refractivity contribution in [1.29, 1.82) is 0 Å². The van der Waals surface area contributed by atoms with Gasteiger partial charge in [0.2, 0.25) is 11.8 Å². The summed E-state index contributed by atoms with van der Waals surface area (Å²) in [5, 5.41) is 5.19. The lowest BCUT2D eigenvalue weighted by atomic mass is 10.1. The van der Waals surface area contributed by atoms with E-state index in [1.54, 1.807) is 0 Å². The van der Waals surface area contributed by atoms with Crippen molar-refractivity contribution < 1.29 is 14.0 Å². The van der Waals surface area contributed by atoms with E-state index in [0.29, 0.717) is 5.69 Å². The van der Waals surface area contributed by atoms with Gasteiger partial charge < -0.3 is 10.6 Å². The Balaban J connectivity index is 2.13. The Labute approximate surface area is 128 Å². The maximum absolute atomic E-state index is 13.4. The van der Waals surface area contributed by atoms with Crippen molar-refractivity contribution >= 4 is 23.2 Å². The molecule has 2 rings (SSSR count). The topological polar surface area (TPSA) is 58.2 Å². The summed E-state index contributed by atoms with van der Waals surface area (Å²) in [6.45, 7) is 3.30. The van der Waals surface area contributed by atoms with Crippen LogP contribution >= 0.6 is 0 Å². The zero-order valence-corrected chi connectivity index (χ0v) is 12.4. The van der Waals surface area contributed by atoms with E-state index in [2.05, 4.69) is 10.6 Å². The summed E-state index contributed by atoms with van der Waals surface area (Å²) in [6, 6.07) is 11.4. The summed E-state index contributed by atoms with van der Waals surface area (Å²) in [7, 11) is 0. The van der Waals surface area contributed by atoms with Gasteiger partial charge in [0.05, 0.1) is 17.8 Å². The van der Waals surface area contributed by atoms with Crippen molar-refractivity contribution in [2.45, 2.75) is 20.3 Å². The molecule has 5 heteroatoms. The van der Waals surface area contributed by atoms with Gasteiger partial charge >= 0.3 is 0 Å². The molecule has 0 bridgehead atoms. The van der Waals surface area contributed by atoms with E-state index in [1.807, 2.05) is 31.2 Å². The van der Waals surface area contributed by atoms with Gasteiger partial charge in [0, 0.05) is 6.92 Å². The lowest BCUT2D eigenvalue weighted by Gasteiger charge is -2.12. The highest BCUT2D eigenvalue weighted by molar-refractivity contribution is 5.99. The molecule has 0 aliphatic heterocycles. The number of nitrogens with one attached hydrogen (secondary N) is 2. The molecule has 0 fully saturated rings. The lowest BCUT2D eigenvalue weighted by molar-refractivity contribution is -0.116. The third kappa shape index (κ3) is 4.41. The maximum Gasteiger partial charge on any atom is 0.228 e. The number of hydrogen-bond acceptors (Lipinski definition) is 2. The molecule has 114 valence electrons. The number of rotatable bonds is 4. The maximum atomic E-state index is 13.4. The molecule has 0 unspecified atom stereocenters. The standard InChI is InChI=1S/C17H17FN2O2/c1-11-4-3-5-13(8-11)9-17(22)20-16-10-14(18)6-7-15(16)19-12(2)21/h3-8,10H,9H2,1-2H3,(H,19,21)(H,20,22). The number of aryl methyl sites for hydroxylation is 1. The second-order valence-corrected chi connectivity index (χ2v) is 5.09. The van der Waals surface area contributed by atoms with E-state index >= 15 is 0 Å². The number of anilines is 2. The number of halogens is 1. The molecule has 2 aromatic rings. The highest BCUT2D eigenvalue weighted by Crippen LogP contribution is 2.23. The van der Waals surface area contributed by atoms with Crippen LogP contribution in [0.4, 0.5) is 15.8 Å². The first-order valence-electron chi connectivity index (χ1n) is 6.86. The zero-order valence-electron chi connectivity index (χ0n) is 12.4. The predicted molar refractivity (Wildman–Crippen MR) is 84.2 cm³/mol. The normalized spacial score (nSPS) is 10.1. The Morgan fingerprint density at radius 2 is 1.82 bits per heavy atom. The molecule has 0 radical (unpaired) electrons. The van der Waals surface area contributed by atoms with Gasteiger partial charge in [-0.2, -0.15) is 0 Å². The van der Waals surface area contributed by atoms with Crippen LogP contribution in [-0.4, -0.2) is 11.8 Å². The van der Waals surface area contributed by atoms with Gasteiger partial charge in [0.25, 0.3) is 0 Å². The SMILES string of the molecule is CC(=O)Nc1ccc(F)cc1NC(=O)Cc1cccc(C)c1. The van der Waals surface area contributed by atoms with Crippen LogP contribution in [0, 0.1) is 12.7 Å². The van der Waals surface area contributed by atoms with Crippen LogP contribution in [-0.2, 0) is 16.0 Å². The average Bonchev–Trinajstić information content (AvgIpc) is 2.41. The largest absolute Gasteiger partial charge is 0.325 e. The average molecular weight is 300 g/mol. The zero-order chi connectivity index (χ0) is 16.1. The molecule has 0 atom stereocenters. The molecule has 2 N–H and O–H groups in total. The molecular formula is C17H17FN2O2. The molecule has 0 saturated heterocycles. The van der Waals surface area contributed by atoms with Gasteiger partial charge in [-0.3, -0.25) is 9.59 Å². The minimum absolute atomic E-state index is 0.178. The van der Waals surface area contributed by atoms with E-state index in [-0.39, 0.29) is 23.9 Å². The Kier molecular flexibility index (Phi) is 4.88. The minimum Gasteiger partial charge on any atom is -0.325 e. The van der Waals surface area contributed by atoms with Gasteiger partial charge in [-0.05, 0) is 30.7 Å². The highest BCUT2D eigenvalue weighted by atomic mass is 19.1. The van der Waals surface area contributed by atoms with Crippen LogP contribution in [0.15, 0.2) is 42.5 Å². The highest BCUT2D eigenvalue weighted by Gasteiger charge is 2.10. The third-order valence-corrected chi connectivity index (χ3v) is 3.01. The summed E-state index contributed by atoms with van der Waals surface area (Å²) in [4.78, 5) is 23.2. The Morgan fingerprint density at radius 3 is 2.50 bits per heavy atom. The molecule has 0 aliphatic carbocycles. The van der Waals surface area contributed by atoms with Crippen molar-refractivity contribution in [2.24, 2.45) is 0 Å². The van der Waals surface area contributed by atoms with Crippen LogP contribution < -0.4 is 10.6 Å². The molecule has 0 aromatic heterocycles. The molecule has 4 nitrogen and oxygen atoms in total. The lowest BCUT2D eigenvalue weighted by Crippen LogP contribution is -2.17. The van der Waals surface area contributed by atoms with E-state index in [4.69, 9.17) is 0 Å². The molecule has 22 heavy (non-hydrogen) atoms. The molecule has 0 heterocycles. The fourth-order valence-electron chi connectivity index (χ4n) is 2.12. The monoisotopic (exact) mass is 300 g/mol. The molecule has 0 saturated carbocycles. The second kappa shape index (κ2) is 6.85. The minimum atomic E-state index is -0.486. The third-order valence-electron chi connectivity index (χ3n) is 3.01. The van der Waals surface area contributed by atoms with Gasteiger partial charge in [-0.15, -0.1) is 0 Å². The Morgan fingerprint density at radius 1 is 1.05 bits per heavy atom. The summed E-state index contributed by atoms with van der Waals surface area (Å²) >= 11 is 0. The van der Waals surface area contributed by atoms with Gasteiger partial charge in [0.1, 0.15) is 5.82 Å².